The molecule has 33 heavy (non-hydrogen) atoms. The zero-order valence-electron chi connectivity index (χ0n) is 17.2. The molecule has 0 atom stereocenters. The summed E-state index contributed by atoms with van der Waals surface area (Å²) in [6.07, 6.45) is 1.77. The average Bonchev–Trinajstić information content (AvgIpc) is 3.07. The molecule has 4 aromatic carbocycles. The van der Waals surface area contributed by atoms with Crippen molar-refractivity contribution in [2.45, 2.75) is 0 Å². The number of fused-ring (bicyclic) bond motifs is 2. The molecule has 0 radical (unpaired) electrons. The molecule has 3 amide bonds. The third kappa shape index (κ3) is 4.17. The van der Waals surface area contributed by atoms with Gasteiger partial charge >= 0.3 is 0 Å². The lowest BCUT2D eigenvalue weighted by Gasteiger charge is -2.13. The Kier molecular flexibility index (Phi) is 5.74. The number of hydrogen-bond donors (Lipinski definition) is 1. The van der Waals surface area contributed by atoms with Gasteiger partial charge < -0.3 is 5.32 Å². The molecule has 162 valence electrons. The number of anilines is 1. The van der Waals surface area contributed by atoms with Crippen LogP contribution in [-0.4, -0.2) is 28.5 Å². The number of carbonyl (C=O) groups is 3. The molecule has 4 aromatic rings. The topological polar surface area (TPSA) is 66.5 Å². The van der Waals surface area contributed by atoms with E-state index in [1.807, 2.05) is 54.6 Å². The van der Waals surface area contributed by atoms with E-state index in [0.29, 0.717) is 10.6 Å². The van der Waals surface area contributed by atoms with Crippen LogP contribution in [0.2, 0.25) is 0 Å². The number of benzene rings is 4. The first-order valence-corrected chi connectivity index (χ1v) is 11.8. The van der Waals surface area contributed by atoms with E-state index >= 15 is 0 Å². The van der Waals surface area contributed by atoms with Gasteiger partial charge in [0, 0.05) is 4.47 Å². The number of imide groups is 1. The minimum absolute atomic E-state index is 0.301. The van der Waals surface area contributed by atoms with Crippen LogP contribution in [0.15, 0.2) is 88.2 Å². The van der Waals surface area contributed by atoms with Gasteiger partial charge in [-0.05, 0) is 79.1 Å². The van der Waals surface area contributed by atoms with E-state index in [4.69, 9.17) is 0 Å². The van der Waals surface area contributed by atoms with E-state index in [2.05, 4.69) is 27.3 Å². The highest BCUT2D eigenvalue weighted by atomic mass is 79.9. The lowest BCUT2D eigenvalue weighted by Crippen LogP contribution is -2.36. The van der Waals surface area contributed by atoms with Crippen molar-refractivity contribution in [1.29, 1.82) is 0 Å². The maximum atomic E-state index is 13.1. The Balaban J connectivity index is 1.47. The minimum atomic E-state index is -0.468. The molecule has 0 aliphatic carbocycles. The summed E-state index contributed by atoms with van der Waals surface area (Å²) in [4.78, 5) is 39.5. The molecule has 1 heterocycles. The van der Waals surface area contributed by atoms with Gasteiger partial charge in [0.1, 0.15) is 6.54 Å². The quantitative estimate of drug-likeness (QED) is 0.250. The van der Waals surface area contributed by atoms with E-state index in [9.17, 15) is 14.4 Å². The van der Waals surface area contributed by atoms with Gasteiger partial charge in [0.15, 0.2) is 0 Å². The molecule has 1 fully saturated rings. The molecule has 5 rings (SSSR count). The first kappa shape index (κ1) is 21.4. The molecule has 5 nitrogen and oxygen atoms in total. The van der Waals surface area contributed by atoms with E-state index in [0.717, 1.165) is 48.2 Å². The standard InChI is InChI=1S/C26H17BrN2O3S/c27-21-11-5-6-12-22(21)28-24(30)15-29-25(31)23(33-26(29)32)14-20-18-9-3-1-7-16(18)13-17-8-2-4-10-19(17)20/h1-14H,15H2,(H,28,30)/b23-14+. The van der Waals surface area contributed by atoms with Crippen molar-refractivity contribution in [3.63, 3.8) is 0 Å². The summed E-state index contributed by atoms with van der Waals surface area (Å²) in [6, 6.07) is 25.2. The van der Waals surface area contributed by atoms with Crippen LogP contribution in [0.3, 0.4) is 0 Å². The highest BCUT2D eigenvalue weighted by Crippen LogP contribution is 2.36. The highest BCUT2D eigenvalue weighted by molar-refractivity contribution is 9.10. The maximum absolute atomic E-state index is 13.1. The van der Waals surface area contributed by atoms with Crippen LogP contribution >= 0.6 is 27.7 Å². The van der Waals surface area contributed by atoms with E-state index in [1.54, 1.807) is 24.3 Å². The number of amides is 3. The average molecular weight is 517 g/mol. The summed E-state index contributed by atoms with van der Waals surface area (Å²) in [5.74, 6) is -0.912. The van der Waals surface area contributed by atoms with Crippen molar-refractivity contribution in [3.05, 3.63) is 93.8 Å². The summed E-state index contributed by atoms with van der Waals surface area (Å²) >= 11 is 4.23. The third-order valence-corrected chi connectivity index (χ3v) is 7.01. The Hall–Kier alpha value is -3.42. The van der Waals surface area contributed by atoms with Crippen LogP contribution in [0.25, 0.3) is 27.6 Å². The van der Waals surface area contributed by atoms with Gasteiger partial charge in [-0.1, -0.05) is 60.7 Å². The normalized spacial score (nSPS) is 15.1. The second-order valence-electron chi connectivity index (χ2n) is 7.53. The lowest BCUT2D eigenvalue weighted by molar-refractivity contribution is -0.127. The Labute approximate surface area is 202 Å². The zero-order valence-corrected chi connectivity index (χ0v) is 19.7. The number of rotatable bonds is 4. The Bertz CT molecular complexity index is 1430. The van der Waals surface area contributed by atoms with Crippen molar-refractivity contribution in [3.8, 4) is 0 Å². The second-order valence-corrected chi connectivity index (χ2v) is 9.38. The van der Waals surface area contributed by atoms with Gasteiger partial charge in [0.05, 0.1) is 10.6 Å². The molecule has 0 aromatic heterocycles. The number of thioether (sulfide) groups is 1. The fraction of sp³-hybridized carbons (Fsp3) is 0.0385. The van der Waals surface area contributed by atoms with Gasteiger partial charge in [0.2, 0.25) is 5.91 Å². The molecule has 1 N–H and O–H groups in total. The highest BCUT2D eigenvalue weighted by Gasteiger charge is 2.36. The smallest absolute Gasteiger partial charge is 0.294 e. The molecular formula is C26H17BrN2O3S. The monoisotopic (exact) mass is 516 g/mol. The van der Waals surface area contributed by atoms with Crippen LogP contribution in [-0.2, 0) is 9.59 Å². The Morgan fingerprint density at radius 1 is 0.909 bits per heavy atom. The van der Waals surface area contributed by atoms with Gasteiger partial charge in [-0.15, -0.1) is 0 Å². The summed E-state index contributed by atoms with van der Waals surface area (Å²) in [5, 5.41) is 6.36. The van der Waals surface area contributed by atoms with Crippen molar-refractivity contribution in [2.75, 3.05) is 11.9 Å². The molecule has 0 bridgehead atoms. The fourth-order valence-electron chi connectivity index (χ4n) is 3.87. The van der Waals surface area contributed by atoms with Crippen molar-refractivity contribution in [1.82, 2.24) is 4.90 Å². The second kappa shape index (κ2) is 8.84. The number of carbonyl (C=O) groups excluding carboxylic acids is 3. The minimum Gasteiger partial charge on any atom is -0.324 e. The van der Waals surface area contributed by atoms with Crippen molar-refractivity contribution in [2.24, 2.45) is 0 Å². The molecule has 1 aliphatic rings. The van der Waals surface area contributed by atoms with Crippen LogP contribution < -0.4 is 5.32 Å². The van der Waals surface area contributed by atoms with Crippen LogP contribution in [0.4, 0.5) is 10.5 Å². The van der Waals surface area contributed by atoms with Crippen LogP contribution in [0, 0.1) is 0 Å². The van der Waals surface area contributed by atoms with Gasteiger partial charge in [0.25, 0.3) is 11.1 Å². The largest absolute Gasteiger partial charge is 0.324 e. The third-order valence-electron chi connectivity index (χ3n) is 5.41. The number of hydrogen-bond acceptors (Lipinski definition) is 4. The molecular weight excluding hydrogens is 500 g/mol. The fourth-order valence-corrected chi connectivity index (χ4v) is 5.07. The Morgan fingerprint density at radius 3 is 2.18 bits per heavy atom. The predicted octanol–water partition coefficient (Wildman–Crippen LogP) is 6.43. The zero-order chi connectivity index (χ0) is 22.9. The molecule has 0 saturated carbocycles. The number of nitrogens with one attached hydrogen (secondary N) is 1. The van der Waals surface area contributed by atoms with E-state index < -0.39 is 17.1 Å². The first-order valence-electron chi connectivity index (χ1n) is 10.2. The summed E-state index contributed by atoms with van der Waals surface area (Å²) in [7, 11) is 0. The van der Waals surface area contributed by atoms with Crippen molar-refractivity contribution < 1.29 is 14.4 Å². The number of para-hydroxylation sites is 1. The SMILES string of the molecule is O=C(CN1C(=O)S/C(=C/c2c3ccccc3cc3ccccc23)C1=O)Nc1ccccc1Br. The Morgan fingerprint density at radius 2 is 1.52 bits per heavy atom. The summed E-state index contributed by atoms with van der Waals surface area (Å²) < 4.78 is 0.718. The van der Waals surface area contributed by atoms with Crippen molar-refractivity contribution >= 4 is 78.1 Å². The number of nitrogens with zero attached hydrogens (tertiary/aromatic N) is 1. The summed E-state index contributed by atoms with van der Waals surface area (Å²) in [5.41, 5.74) is 1.46. The predicted molar refractivity (Wildman–Crippen MR) is 137 cm³/mol. The van der Waals surface area contributed by atoms with Crippen LogP contribution in [0.1, 0.15) is 5.56 Å². The molecule has 0 unspecified atom stereocenters. The number of halogens is 1. The lowest BCUT2D eigenvalue weighted by atomic mass is 9.96. The van der Waals surface area contributed by atoms with Crippen LogP contribution in [0.5, 0.6) is 0 Å². The van der Waals surface area contributed by atoms with Gasteiger partial charge in [-0.3, -0.25) is 19.3 Å². The van der Waals surface area contributed by atoms with Gasteiger partial charge in [-0.25, -0.2) is 0 Å². The van der Waals surface area contributed by atoms with E-state index in [-0.39, 0.29) is 6.54 Å². The first-order chi connectivity index (χ1) is 16.0. The summed E-state index contributed by atoms with van der Waals surface area (Å²) in [6.45, 7) is -0.348. The maximum Gasteiger partial charge on any atom is 0.294 e. The molecule has 7 heteroatoms. The van der Waals surface area contributed by atoms with Gasteiger partial charge in [-0.2, -0.15) is 0 Å². The molecule has 1 aliphatic heterocycles. The molecule has 1 saturated heterocycles. The molecule has 0 spiro atoms. The van der Waals surface area contributed by atoms with E-state index in [1.165, 1.54) is 0 Å².